The monoisotopic (exact) mass is 350 g/mol. The van der Waals surface area contributed by atoms with Crippen molar-refractivity contribution in [1.82, 2.24) is 14.3 Å². The molecule has 1 N–H and O–H groups in total. The van der Waals surface area contributed by atoms with E-state index in [9.17, 15) is 4.79 Å². The van der Waals surface area contributed by atoms with Crippen LogP contribution in [0.15, 0.2) is 36.4 Å². The maximum atomic E-state index is 12.8. The predicted molar refractivity (Wildman–Crippen MR) is 105 cm³/mol. The normalized spacial score (nSPS) is 11.2. The Labute approximate surface area is 154 Å². The Balaban J connectivity index is 1.92. The maximum absolute atomic E-state index is 12.8. The lowest BCUT2D eigenvalue weighted by Gasteiger charge is -2.12. The third-order valence-electron chi connectivity index (χ3n) is 4.74. The van der Waals surface area contributed by atoms with Crippen LogP contribution in [-0.4, -0.2) is 20.3 Å². The summed E-state index contributed by atoms with van der Waals surface area (Å²) in [5, 5.41) is 7.22. The highest BCUT2D eigenvalue weighted by Gasteiger charge is 2.18. The molecule has 0 aliphatic rings. The average molecular weight is 350 g/mol. The molecule has 3 rings (SSSR count). The molecule has 5 nitrogen and oxygen atoms in total. The second-order valence-corrected chi connectivity index (χ2v) is 7.12. The number of anilines is 1. The summed E-state index contributed by atoms with van der Waals surface area (Å²) in [5.41, 5.74) is 5.88. The molecule has 2 heterocycles. The van der Waals surface area contributed by atoms with Gasteiger partial charge in [-0.3, -0.25) is 9.48 Å². The lowest BCUT2D eigenvalue weighted by atomic mass is 10.0. The first-order chi connectivity index (χ1) is 12.3. The Morgan fingerprint density at radius 1 is 1.08 bits per heavy atom. The van der Waals surface area contributed by atoms with Crippen molar-refractivity contribution in [2.45, 2.75) is 40.5 Å². The zero-order valence-electron chi connectivity index (χ0n) is 16.3. The van der Waals surface area contributed by atoms with E-state index in [0.717, 1.165) is 22.8 Å². The zero-order chi connectivity index (χ0) is 19.0. The highest BCUT2D eigenvalue weighted by atomic mass is 16.1. The molecule has 0 saturated heterocycles. The molecule has 136 valence electrons. The van der Waals surface area contributed by atoms with Gasteiger partial charge in [-0.1, -0.05) is 26.0 Å². The number of amides is 1. The number of carbonyl (C=O) groups excluding carboxylic acids is 1. The van der Waals surface area contributed by atoms with Gasteiger partial charge in [0.15, 0.2) is 0 Å². The number of benzene rings is 1. The SMILES string of the molecule is Cc1cc(NC(=O)c2cc(C)n(-c3ccc(C(C)C)cc3)c2C)n(C)n1. The number of nitrogens with zero attached hydrogens (tertiary/aromatic N) is 3. The minimum absolute atomic E-state index is 0.119. The molecule has 0 fully saturated rings. The minimum Gasteiger partial charge on any atom is -0.318 e. The van der Waals surface area contributed by atoms with Gasteiger partial charge in [0.1, 0.15) is 5.82 Å². The van der Waals surface area contributed by atoms with E-state index in [-0.39, 0.29) is 5.91 Å². The third kappa shape index (κ3) is 3.29. The van der Waals surface area contributed by atoms with Gasteiger partial charge in [0.25, 0.3) is 5.91 Å². The van der Waals surface area contributed by atoms with Crippen LogP contribution in [0.2, 0.25) is 0 Å². The van der Waals surface area contributed by atoms with Crippen LogP contribution in [0.1, 0.15) is 52.8 Å². The lowest BCUT2D eigenvalue weighted by Crippen LogP contribution is -2.15. The molecule has 1 aromatic carbocycles. The second kappa shape index (κ2) is 6.83. The van der Waals surface area contributed by atoms with Gasteiger partial charge < -0.3 is 9.88 Å². The molecule has 0 atom stereocenters. The number of nitrogens with one attached hydrogen (secondary N) is 1. The van der Waals surface area contributed by atoms with Crippen molar-refractivity contribution in [2.24, 2.45) is 7.05 Å². The molecule has 3 aromatic rings. The number of rotatable bonds is 4. The fraction of sp³-hybridized carbons (Fsp3) is 0.333. The van der Waals surface area contributed by atoms with Gasteiger partial charge in [-0.25, -0.2) is 0 Å². The fourth-order valence-corrected chi connectivity index (χ4v) is 3.31. The lowest BCUT2D eigenvalue weighted by molar-refractivity contribution is 0.102. The molecule has 0 unspecified atom stereocenters. The quantitative estimate of drug-likeness (QED) is 0.752. The minimum atomic E-state index is -0.119. The van der Waals surface area contributed by atoms with Crippen LogP contribution < -0.4 is 5.32 Å². The molecule has 0 bridgehead atoms. The maximum Gasteiger partial charge on any atom is 0.258 e. The molecule has 0 aliphatic heterocycles. The van der Waals surface area contributed by atoms with E-state index in [4.69, 9.17) is 0 Å². The standard InChI is InChI=1S/C21H26N4O/c1-13(2)17-7-9-18(10-8-17)25-15(4)12-19(16(25)5)21(26)22-20-11-14(3)23-24(20)6/h7-13H,1-6H3,(H,22,26). The largest absolute Gasteiger partial charge is 0.318 e. The van der Waals surface area contributed by atoms with Crippen LogP contribution in [-0.2, 0) is 7.05 Å². The molecule has 0 aliphatic carbocycles. The number of aryl methyl sites for hydroxylation is 3. The van der Waals surface area contributed by atoms with Crippen molar-refractivity contribution in [2.75, 3.05) is 5.32 Å². The van der Waals surface area contributed by atoms with E-state index in [1.54, 1.807) is 4.68 Å². The summed E-state index contributed by atoms with van der Waals surface area (Å²) in [6.45, 7) is 10.3. The Hall–Kier alpha value is -2.82. The Kier molecular flexibility index (Phi) is 4.72. The van der Waals surface area contributed by atoms with Crippen molar-refractivity contribution in [1.29, 1.82) is 0 Å². The molecule has 2 aromatic heterocycles. The van der Waals surface area contributed by atoms with Gasteiger partial charge in [-0.05, 0) is 50.5 Å². The van der Waals surface area contributed by atoms with E-state index in [2.05, 4.69) is 53.1 Å². The van der Waals surface area contributed by atoms with Crippen LogP contribution in [0.4, 0.5) is 5.82 Å². The fourth-order valence-electron chi connectivity index (χ4n) is 3.31. The second-order valence-electron chi connectivity index (χ2n) is 7.12. The van der Waals surface area contributed by atoms with Crippen molar-refractivity contribution >= 4 is 11.7 Å². The van der Waals surface area contributed by atoms with Crippen LogP contribution in [0.5, 0.6) is 0 Å². The molecule has 0 saturated carbocycles. The van der Waals surface area contributed by atoms with Crippen LogP contribution in [0, 0.1) is 20.8 Å². The molecular weight excluding hydrogens is 324 g/mol. The van der Waals surface area contributed by atoms with E-state index in [0.29, 0.717) is 17.3 Å². The molecule has 0 radical (unpaired) electrons. The summed E-state index contributed by atoms with van der Waals surface area (Å²) in [6, 6.07) is 12.3. The zero-order valence-corrected chi connectivity index (χ0v) is 16.3. The van der Waals surface area contributed by atoms with Gasteiger partial charge in [-0.15, -0.1) is 0 Å². The summed E-state index contributed by atoms with van der Waals surface area (Å²) >= 11 is 0. The highest BCUT2D eigenvalue weighted by molar-refractivity contribution is 6.05. The summed E-state index contributed by atoms with van der Waals surface area (Å²) in [4.78, 5) is 12.8. The van der Waals surface area contributed by atoms with Crippen LogP contribution in [0.25, 0.3) is 5.69 Å². The van der Waals surface area contributed by atoms with E-state index in [1.807, 2.05) is 40.0 Å². The topological polar surface area (TPSA) is 51.9 Å². The van der Waals surface area contributed by atoms with Crippen molar-refractivity contribution in [3.05, 3.63) is 64.6 Å². The van der Waals surface area contributed by atoms with Crippen LogP contribution in [0.3, 0.4) is 0 Å². The summed E-state index contributed by atoms with van der Waals surface area (Å²) < 4.78 is 3.80. The number of carbonyl (C=O) groups is 1. The van der Waals surface area contributed by atoms with Gasteiger partial charge in [0.05, 0.1) is 11.3 Å². The first kappa shape index (κ1) is 18.0. The first-order valence-corrected chi connectivity index (χ1v) is 8.89. The smallest absolute Gasteiger partial charge is 0.258 e. The van der Waals surface area contributed by atoms with Crippen LogP contribution >= 0.6 is 0 Å². The van der Waals surface area contributed by atoms with E-state index >= 15 is 0 Å². The van der Waals surface area contributed by atoms with Gasteiger partial charge in [0, 0.05) is 30.2 Å². The highest BCUT2D eigenvalue weighted by Crippen LogP contribution is 2.24. The van der Waals surface area contributed by atoms with E-state index < -0.39 is 0 Å². The number of aromatic nitrogens is 3. The van der Waals surface area contributed by atoms with Crippen molar-refractivity contribution in [3.8, 4) is 5.69 Å². The predicted octanol–water partition coefficient (Wildman–Crippen LogP) is 4.51. The summed E-state index contributed by atoms with van der Waals surface area (Å²) in [7, 11) is 1.82. The Bertz CT molecular complexity index is 945. The average Bonchev–Trinajstić information content (AvgIpc) is 3.05. The third-order valence-corrected chi connectivity index (χ3v) is 4.74. The molecule has 5 heteroatoms. The van der Waals surface area contributed by atoms with Crippen molar-refractivity contribution < 1.29 is 4.79 Å². The van der Waals surface area contributed by atoms with Gasteiger partial charge in [0.2, 0.25) is 0 Å². The van der Waals surface area contributed by atoms with Gasteiger partial charge >= 0.3 is 0 Å². The molecular formula is C21H26N4O. The Morgan fingerprint density at radius 3 is 2.27 bits per heavy atom. The Morgan fingerprint density at radius 2 is 1.73 bits per heavy atom. The first-order valence-electron chi connectivity index (χ1n) is 8.89. The molecule has 26 heavy (non-hydrogen) atoms. The molecule has 1 amide bonds. The van der Waals surface area contributed by atoms with Gasteiger partial charge in [-0.2, -0.15) is 5.10 Å². The van der Waals surface area contributed by atoms with Crippen molar-refractivity contribution in [3.63, 3.8) is 0 Å². The number of hydrogen-bond acceptors (Lipinski definition) is 2. The molecule has 0 spiro atoms. The van der Waals surface area contributed by atoms with E-state index in [1.165, 1.54) is 5.56 Å². The number of hydrogen-bond donors (Lipinski definition) is 1. The summed E-state index contributed by atoms with van der Waals surface area (Å²) in [5.74, 6) is 1.07. The summed E-state index contributed by atoms with van der Waals surface area (Å²) in [6.07, 6.45) is 0.